The lowest BCUT2D eigenvalue weighted by molar-refractivity contribution is -0.163. The largest absolute Gasteiger partial charge is 0.497 e. The molecule has 3 aromatic carbocycles. The minimum Gasteiger partial charge on any atom is -0.497 e. The van der Waals surface area contributed by atoms with Gasteiger partial charge in [0.15, 0.2) is 0 Å². The maximum atomic E-state index is 13.3. The summed E-state index contributed by atoms with van der Waals surface area (Å²) in [6, 6.07) is 26.8. The molecule has 1 unspecified atom stereocenters. The smallest absolute Gasteiger partial charge is 0.332 e. The number of aromatic nitrogens is 2. The predicted octanol–water partition coefficient (Wildman–Crippen LogP) is 5.92. The number of aryl methyl sites for hydroxylation is 1. The Morgan fingerprint density at radius 1 is 0.859 bits per heavy atom. The molecule has 64 heavy (non-hydrogen) atoms. The first-order chi connectivity index (χ1) is 30.8. The molecule has 4 aromatic rings. The standard InChI is InChI=1S/C46H57N4O13P/c1-31(2)50(32(3)4)64(60-23-11-22-47)61-25-24-58-42(51)29-57-30-43(52)63-39-26-41(49-27-33(5)44(53)48-45(49)54)62-40(39)28-59-46(34-12-9-8-10-13-34,35-14-18-37(55-6)19-15-35)36-16-20-38(56-7)21-17-36/h8-10,12-21,27,31-32,39-41H,11,23-26,28-30H2,1-7H3,(H,48,53,54)/t39-,40+,41+,64?/m0/s1. The Labute approximate surface area is 374 Å². The second-order valence-electron chi connectivity index (χ2n) is 15.3. The van der Waals surface area contributed by atoms with Crippen molar-refractivity contribution in [2.75, 3.05) is 53.9 Å². The quantitative estimate of drug-likeness (QED) is 0.0376. The summed E-state index contributed by atoms with van der Waals surface area (Å²) < 4.78 is 56.1. The highest BCUT2D eigenvalue weighted by Gasteiger charge is 2.44. The van der Waals surface area contributed by atoms with E-state index in [1.807, 2.05) is 107 Å². The average molecular weight is 905 g/mol. The minimum absolute atomic E-state index is 0.0183. The van der Waals surface area contributed by atoms with Gasteiger partial charge in [-0.3, -0.25) is 14.3 Å². The first kappa shape index (κ1) is 49.6. The molecule has 18 heteroatoms. The fraction of sp³-hybridized carbons (Fsp3) is 0.457. The Morgan fingerprint density at radius 2 is 1.44 bits per heavy atom. The van der Waals surface area contributed by atoms with Gasteiger partial charge in [0.05, 0.1) is 46.5 Å². The number of aromatic amines is 1. The number of hydrogen-bond donors (Lipinski definition) is 1. The summed E-state index contributed by atoms with van der Waals surface area (Å²) in [5, 5.41) is 8.95. The zero-order valence-corrected chi connectivity index (χ0v) is 38.1. The second kappa shape index (κ2) is 24.0. The van der Waals surface area contributed by atoms with Crippen molar-refractivity contribution in [3.05, 3.63) is 128 Å². The number of rotatable bonds is 24. The summed E-state index contributed by atoms with van der Waals surface area (Å²) in [5.74, 6) is -0.246. The fourth-order valence-corrected chi connectivity index (χ4v) is 8.85. The number of benzene rings is 3. The SMILES string of the molecule is COc1ccc(C(OC[C@H]2O[C@@H](n3cc(C)c(=O)[nH]c3=O)C[C@@H]2OC(=O)COCC(=O)OCCOP(OCCC#N)N(C(C)C)C(C)C)(c2ccccc2)c2ccc(OC)cc2)cc1. The highest BCUT2D eigenvalue weighted by Crippen LogP contribution is 2.46. The summed E-state index contributed by atoms with van der Waals surface area (Å²) in [7, 11) is 1.65. The number of nitriles is 1. The Morgan fingerprint density at radius 3 is 2.02 bits per heavy atom. The molecule has 0 aliphatic carbocycles. The van der Waals surface area contributed by atoms with Gasteiger partial charge in [0.2, 0.25) is 0 Å². The van der Waals surface area contributed by atoms with Gasteiger partial charge in [0.1, 0.15) is 55.4 Å². The molecule has 1 aromatic heterocycles. The molecule has 0 bridgehead atoms. The van der Waals surface area contributed by atoms with Gasteiger partial charge in [-0.05, 0) is 75.6 Å². The zero-order chi connectivity index (χ0) is 46.2. The third kappa shape index (κ3) is 12.9. The molecule has 5 rings (SSSR count). The van der Waals surface area contributed by atoms with Gasteiger partial charge in [-0.25, -0.2) is 19.1 Å². The van der Waals surface area contributed by atoms with E-state index in [1.54, 1.807) is 21.1 Å². The molecule has 2 heterocycles. The van der Waals surface area contributed by atoms with Gasteiger partial charge in [0.25, 0.3) is 14.1 Å². The highest BCUT2D eigenvalue weighted by atomic mass is 31.2. The van der Waals surface area contributed by atoms with Crippen LogP contribution in [0, 0.1) is 18.3 Å². The van der Waals surface area contributed by atoms with E-state index in [2.05, 4.69) is 15.7 Å². The molecule has 17 nitrogen and oxygen atoms in total. The second-order valence-corrected chi connectivity index (χ2v) is 16.7. The van der Waals surface area contributed by atoms with Gasteiger partial charge >= 0.3 is 17.6 Å². The van der Waals surface area contributed by atoms with Crippen LogP contribution in [-0.4, -0.2) is 104 Å². The number of H-pyrrole nitrogens is 1. The molecule has 1 aliphatic rings. The van der Waals surface area contributed by atoms with Crippen LogP contribution < -0.4 is 20.7 Å². The molecule has 1 fully saturated rings. The van der Waals surface area contributed by atoms with Crippen molar-refractivity contribution in [3.63, 3.8) is 0 Å². The Balaban J connectivity index is 1.30. The fourth-order valence-electron chi connectivity index (χ4n) is 7.27. The van der Waals surface area contributed by atoms with E-state index in [4.69, 9.17) is 47.5 Å². The topological polar surface area (TPSA) is 199 Å². The highest BCUT2D eigenvalue weighted by molar-refractivity contribution is 7.44. The number of carbonyl (C=O) groups is 2. The van der Waals surface area contributed by atoms with Crippen LogP contribution in [0.25, 0.3) is 0 Å². The molecule has 0 spiro atoms. The van der Waals surface area contributed by atoms with Crippen LogP contribution >= 0.6 is 8.53 Å². The number of carbonyl (C=O) groups excluding carboxylic acids is 2. The average Bonchev–Trinajstić information content (AvgIpc) is 3.68. The summed E-state index contributed by atoms with van der Waals surface area (Å²) in [5.41, 5.74) is 0.0926. The molecule has 1 N–H and O–H groups in total. The summed E-state index contributed by atoms with van der Waals surface area (Å²) >= 11 is 0. The predicted molar refractivity (Wildman–Crippen MR) is 236 cm³/mol. The Kier molecular flexibility index (Phi) is 18.6. The van der Waals surface area contributed by atoms with Crippen LogP contribution in [0.2, 0.25) is 0 Å². The van der Waals surface area contributed by atoms with Crippen molar-refractivity contribution in [2.24, 2.45) is 0 Å². The lowest BCUT2D eigenvalue weighted by atomic mass is 9.80. The van der Waals surface area contributed by atoms with Crippen molar-refractivity contribution in [2.45, 2.75) is 83.6 Å². The molecule has 0 amide bonds. The number of ether oxygens (including phenoxy) is 7. The van der Waals surface area contributed by atoms with Crippen LogP contribution in [0.3, 0.4) is 0 Å². The van der Waals surface area contributed by atoms with Crippen molar-refractivity contribution < 1.29 is 51.8 Å². The van der Waals surface area contributed by atoms with Crippen molar-refractivity contribution in [1.82, 2.24) is 14.2 Å². The van der Waals surface area contributed by atoms with Crippen LogP contribution in [0.15, 0.2) is 94.6 Å². The first-order valence-electron chi connectivity index (χ1n) is 20.9. The first-order valence-corrected chi connectivity index (χ1v) is 22.0. The van der Waals surface area contributed by atoms with E-state index in [1.165, 1.54) is 10.8 Å². The zero-order valence-electron chi connectivity index (χ0n) is 37.2. The molecule has 1 aliphatic heterocycles. The summed E-state index contributed by atoms with van der Waals surface area (Å²) in [6.45, 7) is 8.47. The Hall–Kier alpha value is -5.44. The molecule has 0 saturated carbocycles. The molecule has 4 atom stereocenters. The third-order valence-electron chi connectivity index (χ3n) is 10.2. The van der Waals surface area contributed by atoms with E-state index in [9.17, 15) is 19.2 Å². The van der Waals surface area contributed by atoms with E-state index in [0.29, 0.717) is 11.5 Å². The lowest BCUT2D eigenvalue weighted by Gasteiger charge is -2.37. The van der Waals surface area contributed by atoms with Crippen LogP contribution in [0.1, 0.15) is 69.0 Å². The van der Waals surface area contributed by atoms with Gasteiger partial charge in [0, 0.05) is 30.3 Å². The number of nitrogens with one attached hydrogen (secondary N) is 1. The van der Waals surface area contributed by atoms with Gasteiger partial charge in [-0.1, -0.05) is 54.6 Å². The molecular weight excluding hydrogens is 847 g/mol. The van der Waals surface area contributed by atoms with Crippen LogP contribution in [0.5, 0.6) is 11.5 Å². The maximum absolute atomic E-state index is 13.3. The lowest BCUT2D eigenvalue weighted by Crippen LogP contribution is -2.39. The number of nitrogens with zero attached hydrogens (tertiary/aromatic N) is 3. The number of esters is 2. The summed E-state index contributed by atoms with van der Waals surface area (Å²) in [6.07, 6.45) is -1.23. The molecule has 0 radical (unpaired) electrons. The molecule has 344 valence electrons. The Bertz CT molecular complexity index is 2210. The van der Waals surface area contributed by atoms with Gasteiger partial charge < -0.3 is 42.2 Å². The van der Waals surface area contributed by atoms with E-state index in [0.717, 1.165) is 16.7 Å². The van der Waals surface area contributed by atoms with Crippen LogP contribution in [-0.2, 0) is 47.9 Å². The van der Waals surface area contributed by atoms with Gasteiger partial charge in [-0.15, -0.1) is 0 Å². The number of methoxy groups -OCH3 is 2. The maximum Gasteiger partial charge on any atom is 0.332 e. The van der Waals surface area contributed by atoms with Gasteiger partial charge in [-0.2, -0.15) is 5.26 Å². The summed E-state index contributed by atoms with van der Waals surface area (Å²) in [4.78, 5) is 53.5. The number of hydrogen-bond acceptors (Lipinski definition) is 15. The minimum atomic E-state index is -1.51. The van der Waals surface area contributed by atoms with Crippen LogP contribution in [0.4, 0.5) is 0 Å². The molecule has 1 saturated heterocycles. The van der Waals surface area contributed by atoms with E-state index < -0.39 is 69.0 Å². The molecular formula is C46H57N4O13P. The monoisotopic (exact) mass is 904 g/mol. The third-order valence-corrected chi connectivity index (χ3v) is 12.3. The van der Waals surface area contributed by atoms with Crippen molar-refractivity contribution in [3.8, 4) is 17.6 Å². The van der Waals surface area contributed by atoms with E-state index >= 15 is 0 Å². The van der Waals surface area contributed by atoms with Crippen molar-refractivity contribution >= 4 is 20.5 Å². The van der Waals surface area contributed by atoms with Crippen molar-refractivity contribution in [1.29, 1.82) is 5.26 Å². The normalized spacial score (nSPS) is 16.7. The van der Waals surface area contributed by atoms with E-state index in [-0.39, 0.29) is 56.9 Å².